The molecule has 1 atom stereocenters. The zero-order valence-corrected chi connectivity index (χ0v) is 6.35. The zero-order chi connectivity index (χ0) is 8.20. The molecule has 0 aliphatic carbocycles. The fourth-order valence-corrected chi connectivity index (χ4v) is 0.976. The molecular formula is C2H5O6S2-. The summed E-state index contributed by atoms with van der Waals surface area (Å²) in [6.45, 7) is -1.09. The van der Waals surface area contributed by atoms with E-state index in [-0.39, 0.29) is 0 Å². The van der Waals surface area contributed by atoms with Crippen molar-refractivity contribution in [3.8, 4) is 0 Å². The highest BCUT2D eigenvalue weighted by atomic mass is 33.2. The Kier molecular flexibility index (Phi) is 3.98. The van der Waals surface area contributed by atoms with Crippen LogP contribution in [0.1, 0.15) is 0 Å². The van der Waals surface area contributed by atoms with Crippen LogP contribution in [0, 0.1) is 0 Å². The topological polar surface area (TPSA) is 104 Å². The molecule has 0 amide bonds. The number of hydrogen-bond donors (Lipinski definition) is 1. The summed E-state index contributed by atoms with van der Waals surface area (Å²) >= 11 is 0. The first-order chi connectivity index (χ1) is 4.50. The van der Waals surface area contributed by atoms with Crippen LogP contribution >= 0.6 is 0 Å². The van der Waals surface area contributed by atoms with E-state index >= 15 is 0 Å². The maximum absolute atomic E-state index is 10.1. The second-order valence-electron chi connectivity index (χ2n) is 1.16. The Balaban J connectivity index is 4.03. The first kappa shape index (κ1) is 9.98. The largest absolute Gasteiger partial charge is 0.758 e. The van der Waals surface area contributed by atoms with Crippen LogP contribution in [-0.4, -0.2) is 35.5 Å². The highest BCUT2D eigenvalue weighted by molar-refractivity contribution is 8.59. The van der Waals surface area contributed by atoms with Crippen LogP contribution in [-0.2, 0) is 23.4 Å². The fourth-order valence-electron chi connectivity index (χ4n) is 0.179. The standard InChI is InChI=1S/C2H6O6S2/c3-1-2-8-10(6,7)9(4)5/h3H,1-2H2,(H,4,5)/p-1. The van der Waals surface area contributed by atoms with E-state index in [0.29, 0.717) is 0 Å². The van der Waals surface area contributed by atoms with E-state index in [1.807, 2.05) is 0 Å². The molecule has 0 aliphatic heterocycles. The van der Waals surface area contributed by atoms with Crippen LogP contribution in [0.2, 0.25) is 0 Å². The van der Waals surface area contributed by atoms with Crippen LogP contribution in [0.15, 0.2) is 0 Å². The number of aliphatic hydroxyl groups excluding tert-OH is 1. The Morgan fingerprint density at radius 3 is 2.40 bits per heavy atom. The predicted molar refractivity (Wildman–Crippen MR) is 30.9 cm³/mol. The molecule has 62 valence electrons. The molecule has 0 aliphatic rings. The van der Waals surface area contributed by atoms with Gasteiger partial charge in [0, 0.05) is 0 Å². The van der Waals surface area contributed by atoms with Gasteiger partial charge in [0.1, 0.15) is 0 Å². The molecule has 0 aromatic heterocycles. The Morgan fingerprint density at radius 1 is 1.60 bits per heavy atom. The summed E-state index contributed by atoms with van der Waals surface area (Å²) in [7, 11) is -7.79. The lowest BCUT2D eigenvalue weighted by molar-refractivity contribution is 0.208. The Labute approximate surface area is 59.6 Å². The van der Waals surface area contributed by atoms with E-state index in [2.05, 4.69) is 4.18 Å². The summed E-state index contributed by atoms with van der Waals surface area (Å²) in [5.41, 5.74) is 0. The molecule has 0 spiro atoms. The number of rotatable bonds is 4. The molecule has 0 rings (SSSR count). The van der Waals surface area contributed by atoms with Crippen molar-refractivity contribution in [2.75, 3.05) is 13.2 Å². The van der Waals surface area contributed by atoms with Crippen molar-refractivity contribution in [1.82, 2.24) is 0 Å². The van der Waals surface area contributed by atoms with Crippen LogP contribution in [0.4, 0.5) is 0 Å². The Morgan fingerprint density at radius 2 is 2.10 bits per heavy atom. The number of aliphatic hydroxyl groups is 1. The molecule has 0 saturated heterocycles. The van der Waals surface area contributed by atoms with Gasteiger partial charge in [-0.1, -0.05) is 0 Å². The third kappa shape index (κ3) is 3.22. The summed E-state index contributed by atoms with van der Waals surface area (Å²) in [5, 5.41) is 8.02. The smallest absolute Gasteiger partial charge is 0.338 e. The van der Waals surface area contributed by atoms with Crippen molar-refractivity contribution in [1.29, 1.82) is 0 Å². The Bertz CT molecular complexity index is 204. The third-order valence-corrected chi connectivity index (χ3v) is 2.56. The molecule has 10 heavy (non-hydrogen) atoms. The van der Waals surface area contributed by atoms with Gasteiger partial charge in [-0.25, -0.2) is 0 Å². The monoisotopic (exact) mass is 189 g/mol. The van der Waals surface area contributed by atoms with Gasteiger partial charge in [-0.05, 0) is 0 Å². The third-order valence-electron chi connectivity index (χ3n) is 0.486. The lowest BCUT2D eigenvalue weighted by atomic mass is 10.8. The molecule has 0 aromatic rings. The van der Waals surface area contributed by atoms with Crippen molar-refractivity contribution in [2.45, 2.75) is 0 Å². The minimum Gasteiger partial charge on any atom is -0.758 e. The van der Waals surface area contributed by atoms with Gasteiger partial charge >= 0.3 is 9.15 Å². The van der Waals surface area contributed by atoms with Gasteiger partial charge in [0.05, 0.1) is 23.3 Å². The normalized spacial score (nSPS) is 15.0. The quantitative estimate of drug-likeness (QED) is 0.410. The van der Waals surface area contributed by atoms with Crippen molar-refractivity contribution >= 4 is 19.3 Å². The van der Waals surface area contributed by atoms with Crippen LogP contribution in [0.25, 0.3) is 0 Å². The van der Waals surface area contributed by atoms with E-state index < -0.39 is 32.5 Å². The maximum Gasteiger partial charge on any atom is 0.338 e. The van der Waals surface area contributed by atoms with Crippen LogP contribution in [0.3, 0.4) is 0 Å². The maximum atomic E-state index is 10.1. The summed E-state index contributed by atoms with van der Waals surface area (Å²) < 4.78 is 43.5. The first-order valence-corrected chi connectivity index (χ1v) is 5.10. The summed E-state index contributed by atoms with van der Waals surface area (Å²) in [6, 6.07) is 0. The summed E-state index contributed by atoms with van der Waals surface area (Å²) in [4.78, 5) is 0. The second kappa shape index (κ2) is 3.98. The highest BCUT2D eigenvalue weighted by Gasteiger charge is 2.09. The molecule has 0 bridgehead atoms. The van der Waals surface area contributed by atoms with E-state index in [1.165, 1.54) is 0 Å². The van der Waals surface area contributed by atoms with Gasteiger partial charge in [0.15, 0.2) is 0 Å². The summed E-state index contributed by atoms with van der Waals surface area (Å²) in [6.07, 6.45) is 0. The molecule has 0 fully saturated rings. The molecular weight excluding hydrogens is 184 g/mol. The van der Waals surface area contributed by atoms with Crippen molar-refractivity contribution < 1.29 is 26.5 Å². The Hall–Kier alpha value is -0.0200. The molecule has 1 unspecified atom stereocenters. The van der Waals surface area contributed by atoms with Crippen LogP contribution in [0.5, 0.6) is 0 Å². The molecule has 0 radical (unpaired) electrons. The van der Waals surface area contributed by atoms with E-state index in [1.54, 1.807) is 0 Å². The number of hydrogen-bond acceptors (Lipinski definition) is 6. The van der Waals surface area contributed by atoms with Gasteiger partial charge in [-0.2, -0.15) is 8.42 Å². The van der Waals surface area contributed by atoms with Crippen molar-refractivity contribution in [3.05, 3.63) is 0 Å². The predicted octanol–water partition coefficient (Wildman–Crippen LogP) is -1.88. The van der Waals surface area contributed by atoms with Gasteiger partial charge < -0.3 is 9.66 Å². The fraction of sp³-hybridized carbons (Fsp3) is 1.00. The van der Waals surface area contributed by atoms with Gasteiger partial charge in [-0.3, -0.25) is 8.39 Å². The lowest BCUT2D eigenvalue weighted by Gasteiger charge is -2.04. The van der Waals surface area contributed by atoms with Gasteiger partial charge in [0.25, 0.3) is 0 Å². The zero-order valence-electron chi connectivity index (χ0n) is 4.72. The molecule has 0 saturated carbocycles. The van der Waals surface area contributed by atoms with Crippen LogP contribution < -0.4 is 0 Å². The second-order valence-corrected chi connectivity index (χ2v) is 4.66. The average molecular weight is 189 g/mol. The first-order valence-electron chi connectivity index (χ1n) is 2.10. The molecule has 0 heterocycles. The van der Waals surface area contributed by atoms with Crippen molar-refractivity contribution in [3.63, 3.8) is 0 Å². The minimum absolute atomic E-state index is 0.545. The summed E-state index contributed by atoms with van der Waals surface area (Å²) in [5.74, 6) is 0. The minimum atomic E-state index is -4.50. The molecule has 0 aromatic carbocycles. The van der Waals surface area contributed by atoms with Gasteiger partial charge in [0.2, 0.25) is 0 Å². The molecule has 1 N–H and O–H groups in total. The SMILES string of the molecule is O=S([O-])S(=O)(=O)OCCO. The average Bonchev–Trinajstić information content (AvgIpc) is 1.84. The lowest BCUT2D eigenvalue weighted by Crippen LogP contribution is -2.13. The molecule has 8 heteroatoms. The molecule has 6 nitrogen and oxygen atoms in total. The van der Waals surface area contributed by atoms with E-state index in [0.717, 1.165) is 0 Å². The van der Waals surface area contributed by atoms with E-state index in [4.69, 9.17) is 5.11 Å². The van der Waals surface area contributed by atoms with Gasteiger partial charge in [-0.15, -0.1) is 0 Å². The van der Waals surface area contributed by atoms with E-state index in [9.17, 15) is 17.2 Å². The van der Waals surface area contributed by atoms with Crippen molar-refractivity contribution in [2.24, 2.45) is 0 Å². The highest BCUT2D eigenvalue weighted by Crippen LogP contribution is 1.95.